The standard InChI is InChI=1S/C7H11N/c1-8-7-3-2-5-4-6(5)7/h5-6H,2-4H2,1H3. The van der Waals surface area contributed by atoms with Crippen molar-refractivity contribution in [3.63, 3.8) is 0 Å². The molecule has 0 aromatic heterocycles. The van der Waals surface area contributed by atoms with Crippen LogP contribution in [0.15, 0.2) is 4.99 Å². The van der Waals surface area contributed by atoms with E-state index >= 15 is 0 Å². The van der Waals surface area contributed by atoms with E-state index in [2.05, 4.69) is 4.99 Å². The largest absolute Gasteiger partial charge is 0.297 e. The summed E-state index contributed by atoms with van der Waals surface area (Å²) >= 11 is 0. The van der Waals surface area contributed by atoms with E-state index in [1.165, 1.54) is 25.0 Å². The summed E-state index contributed by atoms with van der Waals surface area (Å²) in [6.45, 7) is 0. The summed E-state index contributed by atoms with van der Waals surface area (Å²) in [4.78, 5) is 4.23. The highest BCUT2D eigenvalue weighted by Crippen LogP contribution is 2.49. The molecular formula is C7H11N. The van der Waals surface area contributed by atoms with Crippen LogP contribution < -0.4 is 0 Å². The molecule has 0 bridgehead atoms. The van der Waals surface area contributed by atoms with Crippen LogP contribution in [-0.2, 0) is 0 Å². The van der Waals surface area contributed by atoms with Gasteiger partial charge in [-0.2, -0.15) is 0 Å². The van der Waals surface area contributed by atoms with Gasteiger partial charge in [0.25, 0.3) is 0 Å². The summed E-state index contributed by atoms with van der Waals surface area (Å²) in [7, 11) is 1.93. The van der Waals surface area contributed by atoms with E-state index in [4.69, 9.17) is 0 Å². The first-order chi connectivity index (χ1) is 3.92. The van der Waals surface area contributed by atoms with Crippen LogP contribution in [0.25, 0.3) is 0 Å². The number of hydrogen-bond acceptors (Lipinski definition) is 1. The molecule has 0 aromatic carbocycles. The molecule has 8 heavy (non-hydrogen) atoms. The molecule has 0 amide bonds. The van der Waals surface area contributed by atoms with E-state index in [0.29, 0.717) is 0 Å². The maximum Gasteiger partial charge on any atom is 0.0276 e. The average Bonchev–Trinajstić information content (AvgIpc) is 2.46. The Kier molecular flexibility index (Phi) is 0.758. The van der Waals surface area contributed by atoms with Gasteiger partial charge in [-0.1, -0.05) is 0 Å². The van der Waals surface area contributed by atoms with Gasteiger partial charge in [0, 0.05) is 12.8 Å². The van der Waals surface area contributed by atoms with Crippen molar-refractivity contribution in [2.75, 3.05) is 7.05 Å². The lowest BCUT2D eigenvalue weighted by Crippen LogP contribution is -1.93. The van der Waals surface area contributed by atoms with Crippen LogP contribution in [-0.4, -0.2) is 12.8 Å². The van der Waals surface area contributed by atoms with Crippen LogP contribution in [0.3, 0.4) is 0 Å². The monoisotopic (exact) mass is 109 g/mol. The Hall–Kier alpha value is -0.330. The highest BCUT2D eigenvalue weighted by atomic mass is 14.7. The Bertz CT molecular complexity index is 137. The van der Waals surface area contributed by atoms with E-state index in [-0.39, 0.29) is 0 Å². The molecule has 2 fully saturated rings. The third-order valence-corrected chi connectivity index (χ3v) is 2.41. The van der Waals surface area contributed by atoms with Gasteiger partial charge in [0.1, 0.15) is 0 Å². The zero-order valence-electron chi connectivity index (χ0n) is 5.22. The van der Waals surface area contributed by atoms with Crippen molar-refractivity contribution in [2.24, 2.45) is 16.8 Å². The Balaban J connectivity index is 2.17. The van der Waals surface area contributed by atoms with Crippen LogP contribution in [0, 0.1) is 11.8 Å². The fourth-order valence-electron chi connectivity index (χ4n) is 1.77. The van der Waals surface area contributed by atoms with E-state index in [9.17, 15) is 0 Å². The van der Waals surface area contributed by atoms with E-state index in [0.717, 1.165) is 11.8 Å². The number of nitrogens with zero attached hydrogens (tertiary/aromatic N) is 1. The fraction of sp³-hybridized carbons (Fsp3) is 0.857. The lowest BCUT2D eigenvalue weighted by atomic mass is 10.2. The molecule has 2 aliphatic carbocycles. The van der Waals surface area contributed by atoms with Crippen molar-refractivity contribution >= 4 is 5.71 Å². The molecule has 2 atom stereocenters. The van der Waals surface area contributed by atoms with E-state index in [1.54, 1.807) is 0 Å². The number of fused-ring (bicyclic) bond motifs is 1. The van der Waals surface area contributed by atoms with Crippen molar-refractivity contribution in [3.8, 4) is 0 Å². The Morgan fingerprint density at radius 3 is 2.75 bits per heavy atom. The maximum absolute atomic E-state index is 4.23. The molecule has 0 saturated heterocycles. The SMILES string of the molecule is CN=C1CCC2CC12. The molecule has 44 valence electrons. The van der Waals surface area contributed by atoms with Crippen molar-refractivity contribution in [1.29, 1.82) is 0 Å². The first-order valence-electron chi connectivity index (χ1n) is 3.37. The van der Waals surface area contributed by atoms with Crippen LogP contribution >= 0.6 is 0 Å². The quantitative estimate of drug-likeness (QED) is 0.447. The van der Waals surface area contributed by atoms with Crippen LogP contribution in [0.4, 0.5) is 0 Å². The third kappa shape index (κ3) is 0.445. The predicted molar refractivity (Wildman–Crippen MR) is 34.2 cm³/mol. The first-order valence-corrected chi connectivity index (χ1v) is 3.37. The molecule has 2 rings (SSSR count). The molecule has 1 nitrogen and oxygen atoms in total. The molecule has 0 heterocycles. The molecule has 2 saturated carbocycles. The van der Waals surface area contributed by atoms with Gasteiger partial charge in [0.2, 0.25) is 0 Å². The normalized spacial score (nSPS) is 47.4. The number of hydrogen-bond donors (Lipinski definition) is 0. The van der Waals surface area contributed by atoms with Crippen LogP contribution in [0.1, 0.15) is 19.3 Å². The summed E-state index contributed by atoms with van der Waals surface area (Å²) in [5.41, 5.74) is 1.50. The van der Waals surface area contributed by atoms with Gasteiger partial charge in [-0.25, -0.2) is 0 Å². The summed E-state index contributed by atoms with van der Waals surface area (Å²) in [6, 6.07) is 0. The molecule has 1 heteroatoms. The smallest absolute Gasteiger partial charge is 0.0276 e. The van der Waals surface area contributed by atoms with Crippen LogP contribution in [0.2, 0.25) is 0 Å². The highest BCUT2D eigenvalue weighted by Gasteiger charge is 2.45. The molecule has 0 radical (unpaired) electrons. The van der Waals surface area contributed by atoms with Crippen molar-refractivity contribution < 1.29 is 0 Å². The van der Waals surface area contributed by atoms with Gasteiger partial charge in [-0.05, 0) is 31.1 Å². The molecule has 0 aliphatic heterocycles. The van der Waals surface area contributed by atoms with Gasteiger partial charge < -0.3 is 0 Å². The molecule has 0 N–H and O–H groups in total. The minimum Gasteiger partial charge on any atom is -0.297 e. The second-order valence-electron chi connectivity index (χ2n) is 2.86. The van der Waals surface area contributed by atoms with Crippen molar-refractivity contribution in [2.45, 2.75) is 19.3 Å². The van der Waals surface area contributed by atoms with E-state index in [1.807, 2.05) is 7.05 Å². The third-order valence-electron chi connectivity index (χ3n) is 2.41. The summed E-state index contributed by atoms with van der Waals surface area (Å²) in [5.74, 6) is 2.01. The Labute approximate surface area is 49.8 Å². The lowest BCUT2D eigenvalue weighted by Gasteiger charge is -1.91. The summed E-state index contributed by atoms with van der Waals surface area (Å²) < 4.78 is 0. The molecule has 2 unspecified atom stereocenters. The fourth-order valence-corrected chi connectivity index (χ4v) is 1.77. The second-order valence-corrected chi connectivity index (χ2v) is 2.86. The predicted octanol–water partition coefficient (Wildman–Crippen LogP) is 1.49. The zero-order chi connectivity index (χ0) is 5.56. The number of aliphatic imine (C=N–C) groups is 1. The summed E-state index contributed by atoms with van der Waals surface area (Å²) in [5, 5.41) is 0. The molecule has 2 aliphatic rings. The summed E-state index contributed by atoms with van der Waals surface area (Å²) in [6.07, 6.45) is 4.18. The zero-order valence-corrected chi connectivity index (χ0v) is 5.22. The van der Waals surface area contributed by atoms with Gasteiger partial charge in [-0.15, -0.1) is 0 Å². The van der Waals surface area contributed by atoms with Gasteiger partial charge in [-0.3, -0.25) is 4.99 Å². The minimum atomic E-state index is 0.944. The topological polar surface area (TPSA) is 12.4 Å². The lowest BCUT2D eigenvalue weighted by molar-refractivity contribution is 0.792. The van der Waals surface area contributed by atoms with Gasteiger partial charge in [0.15, 0.2) is 0 Å². The average molecular weight is 109 g/mol. The Morgan fingerprint density at radius 2 is 2.50 bits per heavy atom. The molecular weight excluding hydrogens is 98.1 g/mol. The van der Waals surface area contributed by atoms with Crippen LogP contribution in [0.5, 0.6) is 0 Å². The number of rotatable bonds is 0. The second kappa shape index (κ2) is 1.34. The minimum absolute atomic E-state index is 0.944. The molecule has 0 spiro atoms. The molecule has 0 aromatic rings. The maximum atomic E-state index is 4.23. The van der Waals surface area contributed by atoms with Gasteiger partial charge in [0.05, 0.1) is 0 Å². The van der Waals surface area contributed by atoms with Crippen molar-refractivity contribution in [1.82, 2.24) is 0 Å². The first kappa shape index (κ1) is 4.54. The highest BCUT2D eigenvalue weighted by molar-refractivity contribution is 5.91. The van der Waals surface area contributed by atoms with E-state index < -0.39 is 0 Å². The van der Waals surface area contributed by atoms with Gasteiger partial charge >= 0.3 is 0 Å². The van der Waals surface area contributed by atoms with Crippen molar-refractivity contribution in [3.05, 3.63) is 0 Å². The Morgan fingerprint density at radius 1 is 1.62 bits per heavy atom.